The average molecular weight is 493 g/mol. The molecule has 2 N–H and O–H groups in total. The average Bonchev–Trinajstić information content (AvgIpc) is 3.11. The number of hydrogen-bond acceptors (Lipinski definition) is 6. The van der Waals surface area contributed by atoms with Crippen LogP contribution in [0.15, 0.2) is 53.3 Å². The van der Waals surface area contributed by atoms with E-state index in [0.29, 0.717) is 46.9 Å². The molecule has 1 amide bonds. The van der Waals surface area contributed by atoms with Gasteiger partial charge in [-0.1, -0.05) is 24.3 Å². The molecule has 4 rings (SSSR count). The lowest BCUT2D eigenvalue weighted by Gasteiger charge is -2.19. The number of fused-ring (bicyclic) bond motifs is 3. The van der Waals surface area contributed by atoms with Crippen molar-refractivity contribution in [3.63, 3.8) is 0 Å². The van der Waals surface area contributed by atoms with E-state index < -0.39 is 6.04 Å². The summed E-state index contributed by atoms with van der Waals surface area (Å²) in [7, 11) is 4.65. The molecule has 0 unspecified atom stereocenters. The summed E-state index contributed by atoms with van der Waals surface area (Å²) in [5.41, 5.74) is 3.60. The zero-order valence-corrected chi connectivity index (χ0v) is 20.7. The molecule has 36 heavy (non-hydrogen) atoms. The molecule has 188 valence electrons. The Balaban J connectivity index is 1.91. The Kier molecular flexibility index (Phi) is 7.43. The zero-order chi connectivity index (χ0) is 25.8. The van der Waals surface area contributed by atoms with Crippen molar-refractivity contribution in [1.29, 1.82) is 0 Å². The maximum absolute atomic E-state index is 14.1. The second-order valence-electron chi connectivity index (χ2n) is 8.54. The van der Waals surface area contributed by atoms with E-state index in [-0.39, 0.29) is 23.7 Å². The van der Waals surface area contributed by atoms with Crippen LogP contribution in [0.1, 0.15) is 36.1 Å². The fraction of sp³-hybridized carbons (Fsp3) is 0.286. The fourth-order valence-electron chi connectivity index (χ4n) is 4.69. The number of benzene rings is 2. The van der Waals surface area contributed by atoms with Crippen LogP contribution in [0.5, 0.6) is 17.2 Å². The van der Waals surface area contributed by atoms with Crippen molar-refractivity contribution >= 4 is 11.6 Å². The summed E-state index contributed by atoms with van der Waals surface area (Å²) in [6.45, 7) is 1.60. The topological polar surface area (TPSA) is 85.9 Å². The van der Waals surface area contributed by atoms with Crippen LogP contribution in [-0.2, 0) is 17.8 Å². The van der Waals surface area contributed by atoms with Crippen LogP contribution in [0.25, 0.3) is 11.1 Å². The van der Waals surface area contributed by atoms with Gasteiger partial charge in [-0.3, -0.25) is 9.59 Å². The third-order valence-corrected chi connectivity index (χ3v) is 6.34. The highest BCUT2D eigenvalue weighted by Gasteiger charge is 2.29. The van der Waals surface area contributed by atoms with Crippen LogP contribution in [0.3, 0.4) is 0 Å². The number of anilines is 1. The molecule has 8 heteroatoms. The van der Waals surface area contributed by atoms with Crippen molar-refractivity contribution in [3.05, 3.63) is 81.3 Å². The smallest absolute Gasteiger partial charge is 0.217 e. The monoisotopic (exact) mass is 492 g/mol. The van der Waals surface area contributed by atoms with E-state index >= 15 is 0 Å². The van der Waals surface area contributed by atoms with Crippen molar-refractivity contribution in [2.75, 3.05) is 26.6 Å². The number of halogens is 1. The summed E-state index contributed by atoms with van der Waals surface area (Å²) in [6, 6.07) is 13.0. The minimum absolute atomic E-state index is 0.149. The number of rotatable bonds is 7. The lowest BCUT2D eigenvalue weighted by Crippen LogP contribution is -2.26. The van der Waals surface area contributed by atoms with E-state index in [1.165, 1.54) is 26.2 Å². The zero-order valence-electron chi connectivity index (χ0n) is 20.7. The van der Waals surface area contributed by atoms with E-state index in [4.69, 9.17) is 14.2 Å². The molecule has 0 fully saturated rings. The van der Waals surface area contributed by atoms with Crippen LogP contribution in [0, 0.1) is 5.82 Å². The Morgan fingerprint density at radius 2 is 1.78 bits per heavy atom. The largest absolute Gasteiger partial charge is 0.493 e. The van der Waals surface area contributed by atoms with Crippen LogP contribution < -0.4 is 30.3 Å². The minimum atomic E-state index is -0.397. The lowest BCUT2D eigenvalue weighted by molar-refractivity contribution is -0.119. The predicted octanol–water partition coefficient (Wildman–Crippen LogP) is 4.61. The number of hydrogen-bond donors (Lipinski definition) is 2. The van der Waals surface area contributed by atoms with Gasteiger partial charge in [-0.05, 0) is 53.8 Å². The summed E-state index contributed by atoms with van der Waals surface area (Å²) in [5.74, 6) is 0.907. The molecule has 0 radical (unpaired) electrons. The summed E-state index contributed by atoms with van der Waals surface area (Å²) >= 11 is 0. The van der Waals surface area contributed by atoms with Gasteiger partial charge in [0.1, 0.15) is 5.82 Å². The SMILES string of the molecule is COc1cc2c(c(OC)c1OC)-c1ccc(NCc3ccccc3F)c(=O)cc1[C@@H](NC(C)=O)CC2. The standard InChI is InChI=1S/C28H29FN2O5/c1-16(32)31-22-11-9-17-13-25(34-2)27(35-3)28(36-4)26(17)19-10-12-23(24(33)14-20(19)22)30-15-18-7-5-6-8-21(18)29/h5-8,10,12-14,22H,9,11,15H2,1-4H3,(H,30,33)(H,31,32)/t22-/m0/s1. The van der Waals surface area contributed by atoms with Gasteiger partial charge in [-0.2, -0.15) is 0 Å². The van der Waals surface area contributed by atoms with E-state index in [1.807, 2.05) is 12.1 Å². The maximum Gasteiger partial charge on any atom is 0.217 e. The van der Waals surface area contributed by atoms with Gasteiger partial charge in [0, 0.05) is 24.6 Å². The van der Waals surface area contributed by atoms with Crippen LogP contribution in [0.2, 0.25) is 0 Å². The number of ether oxygens (including phenoxy) is 3. The van der Waals surface area contributed by atoms with Gasteiger partial charge in [-0.15, -0.1) is 0 Å². The van der Waals surface area contributed by atoms with Crippen molar-refractivity contribution in [3.8, 4) is 28.4 Å². The van der Waals surface area contributed by atoms with Gasteiger partial charge < -0.3 is 24.8 Å². The van der Waals surface area contributed by atoms with Gasteiger partial charge in [-0.25, -0.2) is 4.39 Å². The first-order valence-corrected chi connectivity index (χ1v) is 11.6. The quantitative estimate of drug-likeness (QED) is 0.501. The third kappa shape index (κ3) is 4.84. The molecule has 1 aliphatic rings. The Labute approximate surface area is 209 Å². The minimum Gasteiger partial charge on any atom is -0.493 e. The molecule has 0 saturated heterocycles. The Bertz CT molecular complexity index is 1360. The number of amides is 1. The summed E-state index contributed by atoms with van der Waals surface area (Å²) < 4.78 is 31.1. The van der Waals surface area contributed by atoms with Gasteiger partial charge in [0.05, 0.1) is 33.1 Å². The van der Waals surface area contributed by atoms with Gasteiger partial charge in [0.2, 0.25) is 17.1 Å². The first-order valence-electron chi connectivity index (χ1n) is 11.6. The highest BCUT2D eigenvalue weighted by Crippen LogP contribution is 2.50. The number of methoxy groups -OCH3 is 3. The predicted molar refractivity (Wildman–Crippen MR) is 136 cm³/mol. The summed E-state index contributed by atoms with van der Waals surface area (Å²) in [5, 5.41) is 6.04. The second kappa shape index (κ2) is 10.7. The number of aryl methyl sites for hydroxylation is 1. The third-order valence-electron chi connectivity index (χ3n) is 6.34. The van der Waals surface area contributed by atoms with Crippen molar-refractivity contribution in [2.45, 2.75) is 32.4 Å². The molecule has 3 aromatic carbocycles. The first kappa shape index (κ1) is 25.0. The van der Waals surface area contributed by atoms with E-state index in [1.54, 1.807) is 38.5 Å². The molecular formula is C28H29FN2O5. The van der Waals surface area contributed by atoms with E-state index in [0.717, 1.165) is 16.7 Å². The highest BCUT2D eigenvalue weighted by molar-refractivity contribution is 5.83. The Morgan fingerprint density at radius 3 is 2.44 bits per heavy atom. The summed E-state index contributed by atoms with van der Waals surface area (Å²) in [6.07, 6.45) is 1.18. The van der Waals surface area contributed by atoms with Gasteiger partial charge in [0.25, 0.3) is 0 Å². The van der Waals surface area contributed by atoms with Crippen molar-refractivity contribution < 1.29 is 23.4 Å². The van der Waals surface area contributed by atoms with Gasteiger partial charge in [0.15, 0.2) is 11.5 Å². The van der Waals surface area contributed by atoms with E-state index in [9.17, 15) is 14.0 Å². The Morgan fingerprint density at radius 1 is 1.03 bits per heavy atom. The highest BCUT2D eigenvalue weighted by atomic mass is 19.1. The molecule has 0 aliphatic heterocycles. The molecule has 0 aromatic heterocycles. The first-order chi connectivity index (χ1) is 17.4. The van der Waals surface area contributed by atoms with Crippen molar-refractivity contribution in [2.24, 2.45) is 0 Å². The molecule has 7 nitrogen and oxygen atoms in total. The molecule has 0 spiro atoms. The molecule has 0 saturated carbocycles. The Hall–Kier alpha value is -4.07. The number of carbonyl (C=O) groups is 1. The van der Waals surface area contributed by atoms with Crippen LogP contribution in [0.4, 0.5) is 10.1 Å². The summed E-state index contributed by atoms with van der Waals surface area (Å²) in [4.78, 5) is 25.3. The van der Waals surface area contributed by atoms with Crippen LogP contribution in [-0.4, -0.2) is 27.2 Å². The fourth-order valence-corrected chi connectivity index (χ4v) is 4.69. The molecule has 0 bridgehead atoms. The normalized spacial score (nSPS) is 14.1. The lowest BCUT2D eigenvalue weighted by atomic mass is 9.95. The second-order valence-corrected chi connectivity index (χ2v) is 8.54. The number of nitrogens with one attached hydrogen (secondary N) is 2. The molecular weight excluding hydrogens is 463 g/mol. The number of carbonyl (C=O) groups excluding carboxylic acids is 1. The molecule has 0 heterocycles. The van der Waals surface area contributed by atoms with Gasteiger partial charge >= 0.3 is 0 Å². The molecule has 1 aliphatic carbocycles. The van der Waals surface area contributed by atoms with Crippen molar-refractivity contribution in [1.82, 2.24) is 5.32 Å². The van der Waals surface area contributed by atoms with Crippen LogP contribution >= 0.6 is 0 Å². The maximum atomic E-state index is 14.1. The van der Waals surface area contributed by atoms with E-state index in [2.05, 4.69) is 10.6 Å². The molecule has 3 aromatic rings. The molecule has 1 atom stereocenters.